The second-order valence-electron chi connectivity index (χ2n) is 5.85. The molecule has 3 heteroatoms. The van der Waals surface area contributed by atoms with Gasteiger partial charge in [-0.25, -0.2) is 0 Å². The fourth-order valence-electron chi connectivity index (χ4n) is 3.35. The fourth-order valence-corrected chi connectivity index (χ4v) is 3.35. The number of likely N-dealkylation sites (N-methyl/N-ethyl adjacent to an activating group) is 1. The van der Waals surface area contributed by atoms with E-state index in [0.29, 0.717) is 6.04 Å². The summed E-state index contributed by atoms with van der Waals surface area (Å²) in [7, 11) is 0. The van der Waals surface area contributed by atoms with E-state index < -0.39 is 0 Å². The van der Waals surface area contributed by atoms with E-state index in [1.807, 2.05) is 0 Å². The minimum atomic E-state index is -0.0920. The third-order valence-corrected chi connectivity index (χ3v) is 4.54. The van der Waals surface area contributed by atoms with Gasteiger partial charge in [-0.1, -0.05) is 31.2 Å². The lowest BCUT2D eigenvalue weighted by molar-refractivity contribution is -0.126. The number of hydrogen-bond donors (Lipinski definition) is 1. The summed E-state index contributed by atoms with van der Waals surface area (Å²) in [6.45, 7) is 9.78. The molecule has 1 aliphatic rings. The van der Waals surface area contributed by atoms with Crippen molar-refractivity contribution in [2.75, 3.05) is 26.4 Å². The van der Waals surface area contributed by atoms with Crippen molar-refractivity contribution in [3.63, 3.8) is 0 Å². The highest BCUT2D eigenvalue weighted by atomic mass is 16.5. The first kappa shape index (κ1) is 16.5. The van der Waals surface area contributed by atoms with Crippen LogP contribution in [0, 0.1) is 6.92 Å². The number of ether oxygens (including phenoxy) is 2. The lowest BCUT2D eigenvalue weighted by Crippen LogP contribution is -2.56. The molecule has 118 valence electrons. The van der Waals surface area contributed by atoms with Crippen LogP contribution >= 0.6 is 0 Å². The normalized spacial score (nSPS) is 19.4. The Kier molecular flexibility index (Phi) is 6.22. The monoisotopic (exact) mass is 291 g/mol. The van der Waals surface area contributed by atoms with Crippen LogP contribution in [0.3, 0.4) is 0 Å². The predicted octanol–water partition coefficient (Wildman–Crippen LogP) is 3.10. The first-order valence-corrected chi connectivity index (χ1v) is 8.21. The molecule has 0 radical (unpaired) electrons. The van der Waals surface area contributed by atoms with Gasteiger partial charge in [0.05, 0.1) is 5.60 Å². The Bertz CT molecular complexity index is 421. The van der Waals surface area contributed by atoms with E-state index in [9.17, 15) is 0 Å². The molecule has 1 fully saturated rings. The second-order valence-corrected chi connectivity index (χ2v) is 5.85. The summed E-state index contributed by atoms with van der Waals surface area (Å²) in [4.78, 5) is 0. The van der Waals surface area contributed by atoms with Crippen LogP contribution < -0.4 is 5.32 Å². The summed E-state index contributed by atoms with van der Waals surface area (Å²) in [5.74, 6) is 0. The smallest absolute Gasteiger partial charge is 0.0881 e. The van der Waals surface area contributed by atoms with Crippen LogP contribution in [-0.2, 0) is 15.9 Å². The molecule has 1 atom stereocenters. The minimum absolute atomic E-state index is 0.0920. The molecule has 0 bridgehead atoms. The maximum atomic E-state index is 6.25. The molecule has 0 amide bonds. The summed E-state index contributed by atoms with van der Waals surface area (Å²) in [5, 5.41) is 3.67. The van der Waals surface area contributed by atoms with Crippen molar-refractivity contribution in [2.45, 2.75) is 51.7 Å². The van der Waals surface area contributed by atoms with Gasteiger partial charge < -0.3 is 14.8 Å². The van der Waals surface area contributed by atoms with Gasteiger partial charge in [-0.3, -0.25) is 0 Å². The van der Waals surface area contributed by atoms with E-state index in [1.165, 1.54) is 11.1 Å². The van der Waals surface area contributed by atoms with E-state index in [1.54, 1.807) is 0 Å². The zero-order valence-corrected chi connectivity index (χ0v) is 13.7. The summed E-state index contributed by atoms with van der Waals surface area (Å²) in [5.41, 5.74) is 2.68. The molecule has 0 aliphatic carbocycles. The van der Waals surface area contributed by atoms with Crippen LogP contribution in [0.15, 0.2) is 24.3 Å². The molecule has 1 aliphatic heterocycles. The van der Waals surface area contributed by atoms with E-state index >= 15 is 0 Å². The van der Waals surface area contributed by atoms with Crippen molar-refractivity contribution in [1.29, 1.82) is 0 Å². The largest absolute Gasteiger partial charge is 0.381 e. The van der Waals surface area contributed by atoms with Crippen LogP contribution in [0.5, 0.6) is 0 Å². The van der Waals surface area contributed by atoms with Crippen molar-refractivity contribution in [1.82, 2.24) is 5.32 Å². The molecule has 1 N–H and O–H groups in total. The third-order valence-electron chi connectivity index (χ3n) is 4.54. The number of rotatable bonds is 7. The number of benzene rings is 1. The molecular formula is C18H29NO2. The highest BCUT2D eigenvalue weighted by molar-refractivity contribution is 5.27. The van der Waals surface area contributed by atoms with E-state index in [4.69, 9.17) is 9.47 Å². The van der Waals surface area contributed by atoms with Crippen molar-refractivity contribution in [3.05, 3.63) is 35.4 Å². The summed E-state index contributed by atoms with van der Waals surface area (Å²) in [6.07, 6.45) is 2.97. The predicted molar refractivity (Wildman–Crippen MR) is 86.8 cm³/mol. The van der Waals surface area contributed by atoms with E-state index in [-0.39, 0.29) is 5.60 Å². The van der Waals surface area contributed by atoms with Crippen molar-refractivity contribution < 1.29 is 9.47 Å². The zero-order valence-electron chi connectivity index (χ0n) is 13.7. The van der Waals surface area contributed by atoms with Crippen molar-refractivity contribution in [2.24, 2.45) is 0 Å². The topological polar surface area (TPSA) is 30.5 Å². The molecule has 21 heavy (non-hydrogen) atoms. The maximum absolute atomic E-state index is 6.25. The Balaban J connectivity index is 2.21. The highest BCUT2D eigenvalue weighted by Gasteiger charge is 2.40. The van der Waals surface area contributed by atoms with Crippen molar-refractivity contribution >= 4 is 0 Å². The molecular weight excluding hydrogens is 262 g/mol. The highest BCUT2D eigenvalue weighted by Crippen LogP contribution is 2.31. The summed E-state index contributed by atoms with van der Waals surface area (Å²) >= 11 is 0. The van der Waals surface area contributed by atoms with Gasteiger partial charge in [-0.05, 0) is 37.9 Å². The van der Waals surface area contributed by atoms with Crippen LogP contribution in [0.4, 0.5) is 0 Å². The summed E-state index contributed by atoms with van der Waals surface area (Å²) in [6, 6.07) is 9.00. The Hall–Kier alpha value is -0.900. The van der Waals surface area contributed by atoms with E-state index in [0.717, 1.165) is 45.6 Å². The number of hydrogen-bond acceptors (Lipinski definition) is 3. The number of aryl methyl sites for hydroxylation is 1. The molecule has 1 saturated heterocycles. The molecule has 0 aromatic heterocycles. The Morgan fingerprint density at radius 2 is 1.95 bits per heavy atom. The average molecular weight is 291 g/mol. The van der Waals surface area contributed by atoms with Crippen LogP contribution in [0.25, 0.3) is 0 Å². The third kappa shape index (κ3) is 4.06. The molecule has 0 saturated carbocycles. The number of nitrogens with one attached hydrogen (secondary N) is 1. The molecule has 2 rings (SSSR count). The van der Waals surface area contributed by atoms with Gasteiger partial charge in [-0.15, -0.1) is 0 Å². The maximum Gasteiger partial charge on any atom is 0.0881 e. The van der Waals surface area contributed by atoms with Gasteiger partial charge in [0.15, 0.2) is 0 Å². The van der Waals surface area contributed by atoms with Gasteiger partial charge in [0, 0.05) is 38.7 Å². The minimum Gasteiger partial charge on any atom is -0.381 e. The van der Waals surface area contributed by atoms with Gasteiger partial charge in [0.1, 0.15) is 0 Å². The lowest BCUT2D eigenvalue weighted by atomic mass is 9.82. The van der Waals surface area contributed by atoms with E-state index in [2.05, 4.69) is 50.4 Å². The van der Waals surface area contributed by atoms with Crippen molar-refractivity contribution in [3.8, 4) is 0 Å². The quantitative estimate of drug-likeness (QED) is 0.837. The lowest BCUT2D eigenvalue weighted by Gasteiger charge is -2.43. The van der Waals surface area contributed by atoms with Gasteiger partial charge in [-0.2, -0.15) is 0 Å². The van der Waals surface area contributed by atoms with Gasteiger partial charge in [0.25, 0.3) is 0 Å². The Labute approximate surface area is 129 Å². The Morgan fingerprint density at radius 3 is 2.57 bits per heavy atom. The van der Waals surface area contributed by atoms with Crippen LogP contribution in [0.1, 0.15) is 37.8 Å². The average Bonchev–Trinajstić information content (AvgIpc) is 2.50. The molecule has 1 heterocycles. The van der Waals surface area contributed by atoms with Crippen LogP contribution in [0.2, 0.25) is 0 Å². The fraction of sp³-hybridized carbons (Fsp3) is 0.667. The Morgan fingerprint density at radius 1 is 1.24 bits per heavy atom. The van der Waals surface area contributed by atoms with Crippen LogP contribution in [-0.4, -0.2) is 38.0 Å². The molecule has 3 nitrogen and oxygen atoms in total. The first-order chi connectivity index (χ1) is 10.2. The molecule has 1 aromatic rings. The standard InChI is InChI=1S/C18H29NO2/c1-4-19-17(14-16-9-7-6-8-15(16)3)18(21-5-2)10-12-20-13-11-18/h6-9,17,19H,4-5,10-14H2,1-3H3. The molecule has 1 unspecified atom stereocenters. The molecule has 0 spiro atoms. The molecule has 1 aromatic carbocycles. The first-order valence-electron chi connectivity index (χ1n) is 8.21. The van der Waals surface area contributed by atoms with Gasteiger partial charge >= 0.3 is 0 Å². The second kappa shape index (κ2) is 7.92. The SMILES string of the molecule is CCNC(Cc1ccccc1C)C1(OCC)CCOCC1. The summed E-state index contributed by atoms with van der Waals surface area (Å²) < 4.78 is 11.8. The van der Waals surface area contributed by atoms with Gasteiger partial charge in [0.2, 0.25) is 0 Å². The zero-order chi connectivity index (χ0) is 15.1.